The van der Waals surface area contributed by atoms with Crippen LogP contribution in [0.15, 0.2) is 33.6 Å². The van der Waals surface area contributed by atoms with Crippen LogP contribution in [0.3, 0.4) is 0 Å². The Bertz CT molecular complexity index is 5760. The summed E-state index contributed by atoms with van der Waals surface area (Å²) in [4.78, 5) is 0. The van der Waals surface area contributed by atoms with E-state index in [4.69, 9.17) is 33.6 Å². The molecular weight excluding hydrogens is 1480 g/mol. The van der Waals surface area contributed by atoms with Crippen LogP contribution in [-0.2, 0) is 24.6 Å². The van der Waals surface area contributed by atoms with Crippen molar-refractivity contribution >= 4 is 120 Å². The molecule has 0 spiro atoms. The average Bonchev–Trinajstić information content (AvgIpc) is 1.44. The zero-order valence-electron chi connectivity index (χ0n) is 75.9. The molecule has 0 saturated heterocycles. The van der Waals surface area contributed by atoms with Crippen molar-refractivity contribution in [1.82, 2.24) is 0 Å². The summed E-state index contributed by atoms with van der Waals surface area (Å²) in [5, 5.41) is 9.04. The maximum absolute atomic E-state index is 7.98. The Hall–Kier alpha value is -8.20. The third kappa shape index (κ3) is 12.2. The molecule has 598 valence electrons. The molecule has 12 heteroatoms. The maximum Gasteiger partial charge on any atom is 0.221 e. The van der Waals surface area contributed by atoms with E-state index < -0.39 is 32.1 Å². The molecule has 114 heavy (non-hydrogen) atoms. The summed E-state index contributed by atoms with van der Waals surface area (Å²) in [5.41, 5.74) is 60.2. The van der Waals surface area contributed by atoms with Gasteiger partial charge >= 0.3 is 0 Å². The van der Waals surface area contributed by atoms with Gasteiger partial charge in [0.1, 0.15) is 44.7 Å². The predicted octanol–water partition coefficient (Wildman–Crippen LogP) is 33.7. The zero-order chi connectivity index (χ0) is 83.4. The van der Waals surface area contributed by atoms with Gasteiger partial charge in [-0.3, -0.25) is 0 Å². The molecule has 14 aromatic rings. The van der Waals surface area contributed by atoms with E-state index in [0.717, 1.165) is 166 Å². The molecule has 0 bridgehead atoms. The average molecular weight is 1600 g/mol. The Morgan fingerprint density at radius 2 is 0.219 bits per heavy atom. The summed E-state index contributed by atoms with van der Waals surface area (Å²) in [6.07, 6.45) is 1.77. The molecule has 0 radical (unpaired) electrons. The summed E-state index contributed by atoms with van der Waals surface area (Å²) >= 11 is 0. The van der Waals surface area contributed by atoms with Gasteiger partial charge in [-0.2, -0.15) is 0 Å². The molecule has 0 aliphatic heterocycles. The van der Waals surface area contributed by atoms with E-state index >= 15 is 0 Å². The smallest absolute Gasteiger partial charge is 0.221 e. The van der Waals surface area contributed by atoms with Crippen molar-refractivity contribution in [2.24, 2.45) is 0 Å². The largest absolute Gasteiger partial charge is 0.419 e. The number of hydrogen-bond donors (Lipinski definition) is 0. The van der Waals surface area contributed by atoms with Crippen molar-refractivity contribution in [3.8, 4) is 11.1 Å². The van der Waals surface area contributed by atoms with E-state index in [0.29, 0.717) is 24.6 Å². The molecule has 10 aromatic carbocycles. The Balaban J connectivity index is 1.24. The second-order valence-electron chi connectivity index (χ2n) is 34.7. The second kappa shape index (κ2) is 29.5. The number of hydrogen-bond acceptors (Lipinski definition) is 8. The molecule has 0 aliphatic carbocycles. The van der Waals surface area contributed by atoms with Crippen molar-refractivity contribution in [2.45, 2.75) is 288 Å². The zero-order valence-corrected chi connectivity index (χ0v) is 79.5. The van der Waals surface area contributed by atoms with Gasteiger partial charge in [-0.05, 0) is 508 Å². The Morgan fingerprint density at radius 1 is 0.123 bits per heavy atom. The predicted molar refractivity (Wildman–Crippen MR) is 494 cm³/mol. The molecule has 8 nitrogen and oxygen atoms in total. The van der Waals surface area contributed by atoms with E-state index in [1.54, 1.807) is 0 Å². The molecule has 14 rings (SSSR count). The fourth-order valence-electron chi connectivity index (χ4n) is 19.2. The lowest BCUT2D eigenvalue weighted by Crippen LogP contribution is -2.10. The van der Waals surface area contributed by atoms with E-state index in [2.05, 4.69) is 263 Å². The molecule has 0 saturated carbocycles. The van der Waals surface area contributed by atoms with E-state index in [1.807, 2.05) is 0 Å². The topological polar surface area (TPSA) is 105 Å². The van der Waals surface area contributed by atoms with Gasteiger partial charge in [-0.25, -0.2) is 0 Å². The lowest BCUT2D eigenvalue weighted by atomic mass is 9.80. The van der Waals surface area contributed by atoms with Gasteiger partial charge in [-0.1, -0.05) is 0 Å². The third-order valence-corrected chi connectivity index (χ3v) is 35.6. The van der Waals surface area contributed by atoms with E-state index in [9.17, 15) is 0 Å². The fourth-order valence-corrected chi connectivity index (χ4v) is 25.9. The van der Waals surface area contributed by atoms with Crippen molar-refractivity contribution in [1.29, 1.82) is 0 Å². The van der Waals surface area contributed by atoms with Crippen LogP contribution in [0.5, 0.6) is 0 Å². The van der Waals surface area contributed by atoms with Crippen LogP contribution in [0.1, 0.15) is 234 Å². The third-order valence-electron chi connectivity index (χ3n) is 30.3. The number of fused-ring (bicyclic) bond motifs is 12. The highest BCUT2D eigenvalue weighted by molar-refractivity contribution is 7.37. The van der Waals surface area contributed by atoms with Crippen LogP contribution in [0.4, 0.5) is 0 Å². The molecule has 0 N–H and O–H groups in total. The minimum atomic E-state index is -1.82. The van der Waals surface area contributed by atoms with E-state index in [-0.39, 0.29) is 0 Å². The highest BCUT2D eigenvalue weighted by Gasteiger charge is 2.34. The lowest BCUT2D eigenvalue weighted by molar-refractivity contribution is 0.632. The molecular formula is C102H122O8P4. The van der Waals surface area contributed by atoms with Gasteiger partial charge in [0.2, 0.25) is 32.1 Å². The van der Waals surface area contributed by atoms with Crippen LogP contribution in [-0.4, -0.2) is 0 Å². The first-order valence-electron chi connectivity index (χ1n) is 41.0. The first-order valence-corrected chi connectivity index (χ1v) is 46.5. The van der Waals surface area contributed by atoms with Crippen molar-refractivity contribution in [3.05, 3.63) is 234 Å². The summed E-state index contributed by atoms with van der Waals surface area (Å²) in [5.74, 6) is 0. The van der Waals surface area contributed by atoms with Crippen molar-refractivity contribution < 1.29 is 33.6 Å². The molecule has 0 unspecified atom stereocenters. The number of aryl methyl sites for hydroxylation is 16. The fraction of sp³-hybridized carbons (Fsp3) is 0.412. The van der Waals surface area contributed by atoms with Gasteiger partial charge in [0.15, 0.2) is 0 Å². The summed E-state index contributed by atoms with van der Waals surface area (Å²) in [6.45, 7) is 86.7. The van der Waals surface area contributed by atoms with Crippen molar-refractivity contribution in [3.63, 3.8) is 0 Å². The van der Waals surface area contributed by atoms with Crippen LogP contribution in [0.2, 0.25) is 0 Å². The van der Waals surface area contributed by atoms with Crippen LogP contribution >= 0.6 is 32.1 Å². The Kier molecular flexibility index (Phi) is 21.3. The van der Waals surface area contributed by atoms with Crippen molar-refractivity contribution in [2.75, 3.05) is 0 Å². The van der Waals surface area contributed by atoms with Crippen LogP contribution in [0.25, 0.3) is 98.9 Å². The SMILES string of the molecule is Cc1c(C)c(Cp2oc3c(C)c(C)c(C)c(C)c3c3c(C)c(C)c(C)c(C)c3o2)c(-c2c(Cp3oc4c(C)c(C)c(C)c(C)c4c4c(C)c(C)c(C)c(C)c4o3)c(C)c(C)c(C)c2Cp2oc3c(C)c(C)c(C)c(C)c3c3c(C)c(C)c(C)c(C)c3o2)c(Cp2oc3c(C)c(C)c(C)c(C)c3c3c(C)c(C)c(C)c(C)c3o2)c1C. The highest BCUT2D eigenvalue weighted by atomic mass is 31.1. The first kappa shape index (κ1) is 82.3. The quantitative estimate of drug-likeness (QED) is 0.141. The van der Waals surface area contributed by atoms with Gasteiger partial charge < -0.3 is 33.6 Å². The molecule has 0 aliphatic rings. The van der Waals surface area contributed by atoms with Gasteiger partial charge in [0.05, 0.1) is 24.6 Å². The van der Waals surface area contributed by atoms with Gasteiger partial charge in [0, 0.05) is 43.1 Å². The molecule has 0 fully saturated rings. The standard InChI is InChI=1S/C102H122O8P4/c1-43-51(9)73(31)95-85(65(43)23)86-66(24)44(2)52(10)74(32)96(86)104-111(103-95)39-81-61(19)59(17)62(20)82(40-112-105-97-75(33)53(11)45(3)67(25)87(97)88-68(26)46(4)54(12)76(34)98(88)106-112)93(81)94-83(41-113-107-99-77(35)55(13)47(5)69(27)89(99)90-70(28)48(6)56(14)78(36)100(90)108-113)63(21)60(18)64(22)84(94)42-114-109-101-79(37)57(15)49(7)71(29)91(101)92-72(30)50(8)58(16)80(38)102(92)110-114/h39-42H2,1-38H3. The van der Waals surface area contributed by atoms with Gasteiger partial charge in [0.25, 0.3) is 0 Å². The minimum Gasteiger partial charge on any atom is -0.419 e. The van der Waals surface area contributed by atoms with Gasteiger partial charge in [-0.15, -0.1) is 0 Å². The highest BCUT2D eigenvalue weighted by Crippen LogP contribution is 2.57. The maximum atomic E-state index is 7.98. The summed E-state index contributed by atoms with van der Waals surface area (Å²) in [6, 6.07) is 0. The molecule has 4 aromatic heterocycles. The molecule has 4 heterocycles. The first-order chi connectivity index (χ1) is 53.4. The Morgan fingerprint density at radius 3 is 0.333 bits per heavy atom. The van der Waals surface area contributed by atoms with Crippen LogP contribution in [0, 0.1) is 263 Å². The summed E-state index contributed by atoms with van der Waals surface area (Å²) < 4.78 is 63.9. The second-order valence-corrected chi connectivity index (χ2v) is 40.1. The lowest BCUT2D eigenvalue weighted by Gasteiger charge is -2.28. The summed E-state index contributed by atoms with van der Waals surface area (Å²) in [7, 11) is -7.30. The monoisotopic (exact) mass is 1600 g/mol. The normalized spacial score (nSPS) is 12.1. The molecule has 0 amide bonds. The Labute approximate surface area is 681 Å². The minimum absolute atomic E-state index is 0.442. The number of rotatable bonds is 9. The molecule has 0 atom stereocenters. The van der Waals surface area contributed by atoms with E-state index in [1.165, 1.54) is 167 Å². The number of benzene rings is 10. The van der Waals surface area contributed by atoms with Crippen LogP contribution < -0.4 is 0 Å².